The van der Waals surface area contributed by atoms with Gasteiger partial charge in [0.15, 0.2) is 0 Å². The molecule has 0 radical (unpaired) electrons. The highest BCUT2D eigenvalue weighted by Crippen LogP contribution is 2.27. The first-order chi connectivity index (χ1) is 14.0. The number of benzene rings is 1. The van der Waals surface area contributed by atoms with Crippen molar-refractivity contribution in [2.45, 2.75) is 26.8 Å². The molecule has 2 amide bonds. The van der Waals surface area contributed by atoms with Crippen LogP contribution in [-0.4, -0.2) is 23.3 Å². The standard InChI is InChI=1S/C23H23N3O2S/c1-15-5-6-20(10-16(15)2)26-13-19(11-21(26)27)23(28)25-12-17-4-3-8-24-22(17)18-7-9-29-14-18/h3-10,14,19H,11-13H2,1-2H3,(H,25,28). The van der Waals surface area contributed by atoms with Gasteiger partial charge in [-0.25, -0.2) is 0 Å². The van der Waals surface area contributed by atoms with Crippen LogP contribution >= 0.6 is 11.3 Å². The molecular formula is C23H23N3O2S. The second-order valence-electron chi connectivity index (χ2n) is 7.41. The lowest BCUT2D eigenvalue weighted by atomic mass is 10.1. The van der Waals surface area contributed by atoms with E-state index in [1.165, 1.54) is 5.56 Å². The maximum Gasteiger partial charge on any atom is 0.227 e. The zero-order chi connectivity index (χ0) is 20.4. The molecule has 2 aromatic heterocycles. The number of aryl methyl sites for hydroxylation is 2. The topological polar surface area (TPSA) is 62.3 Å². The molecule has 1 atom stereocenters. The van der Waals surface area contributed by atoms with E-state index in [0.717, 1.165) is 28.1 Å². The Balaban J connectivity index is 1.43. The van der Waals surface area contributed by atoms with Gasteiger partial charge in [-0.2, -0.15) is 11.3 Å². The van der Waals surface area contributed by atoms with Crippen LogP contribution in [0, 0.1) is 19.8 Å². The summed E-state index contributed by atoms with van der Waals surface area (Å²) >= 11 is 1.62. The molecule has 0 bridgehead atoms. The summed E-state index contributed by atoms with van der Waals surface area (Å²) in [6.07, 6.45) is 2.00. The summed E-state index contributed by atoms with van der Waals surface area (Å²) in [5.41, 5.74) is 6.09. The van der Waals surface area contributed by atoms with Crippen molar-refractivity contribution in [3.8, 4) is 11.3 Å². The summed E-state index contributed by atoms with van der Waals surface area (Å²) in [7, 11) is 0. The van der Waals surface area contributed by atoms with Crippen LogP contribution in [0.15, 0.2) is 53.4 Å². The van der Waals surface area contributed by atoms with E-state index in [9.17, 15) is 9.59 Å². The Labute approximate surface area is 174 Å². The number of carbonyl (C=O) groups excluding carboxylic acids is 2. The van der Waals surface area contributed by atoms with Crippen molar-refractivity contribution in [3.63, 3.8) is 0 Å². The van der Waals surface area contributed by atoms with E-state index < -0.39 is 0 Å². The molecule has 0 aliphatic carbocycles. The minimum atomic E-state index is -0.342. The van der Waals surface area contributed by atoms with Gasteiger partial charge in [0.1, 0.15) is 0 Å². The highest BCUT2D eigenvalue weighted by atomic mass is 32.1. The molecule has 1 unspecified atom stereocenters. The second-order valence-corrected chi connectivity index (χ2v) is 8.19. The van der Waals surface area contributed by atoms with Crippen molar-refractivity contribution in [2.75, 3.05) is 11.4 Å². The molecule has 6 heteroatoms. The summed E-state index contributed by atoms with van der Waals surface area (Å²) in [6, 6.07) is 11.8. The number of hydrogen-bond donors (Lipinski definition) is 1. The lowest BCUT2D eigenvalue weighted by molar-refractivity contribution is -0.126. The molecule has 3 heterocycles. The highest BCUT2D eigenvalue weighted by molar-refractivity contribution is 7.08. The Kier molecular flexibility index (Phi) is 5.45. The Bertz CT molecular complexity index is 1050. The van der Waals surface area contributed by atoms with E-state index in [1.807, 2.05) is 61.0 Å². The lowest BCUT2D eigenvalue weighted by Crippen LogP contribution is -2.32. The van der Waals surface area contributed by atoms with Gasteiger partial charge in [0.2, 0.25) is 11.8 Å². The van der Waals surface area contributed by atoms with Crippen LogP contribution in [0.25, 0.3) is 11.3 Å². The van der Waals surface area contributed by atoms with Crippen molar-refractivity contribution in [2.24, 2.45) is 5.92 Å². The SMILES string of the molecule is Cc1ccc(N2CC(C(=O)NCc3cccnc3-c3ccsc3)CC2=O)cc1C. The number of thiophene rings is 1. The van der Waals surface area contributed by atoms with Gasteiger partial charge >= 0.3 is 0 Å². The molecule has 4 rings (SSSR count). The van der Waals surface area contributed by atoms with Gasteiger partial charge in [0, 0.05) is 42.3 Å². The monoisotopic (exact) mass is 405 g/mol. The van der Waals surface area contributed by atoms with E-state index in [0.29, 0.717) is 13.1 Å². The van der Waals surface area contributed by atoms with Gasteiger partial charge in [-0.15, -0.1) is 0 Å². The largest absolute Gasteiger partial charge is 0.352 e. The smallest absolute Gasteiger partial charge is 0.227 e. The maximum atomic E-state index is 12.8. The summed E-state index contributed by atoms with van der Waals surface area (Å²) in [5, 5.41) is 7.06. The number of rotatable bonds is 5. The first-order valence-electron chi connectivity index (χ1n) is 9.64. The number of pyridine rings is 1. The van der Waals surface area contributed by atoms with Crippen LogP contribution in [0.2, 0.25) is 0 Å². The molecule has 1 N–H and O–H groups in total. The fourth-order valence-corrected chi connectivity index (χ4v) is 4.23. The highest BCUT2D eigenvalue weighted by Gasteiger charge is 2.35. The molecule has 0 spiro atoms. The third-order valence-corrected chi connectivity index (χ3v) is 6.12. The van der Waals surface area contributed by atoms with Crippen LogP contribution in [-0.2, 0) is 16.1 Å². The molecule has 29 heavy (non-hydrogen) atoms. The quantitative estimate of drug-likeness (QED) is 0.695. The average Bonchev–Trinajstić information content (AvgIpc) is 3.38. The Hall–Kier alpha value is -2.99. The summed E-state index contributed by atoms with van der Waals surface area (Å²) < 4.78 is 0. The minimum absolute atomic E-state index is 0.00579. The van der Waals surface area contributed by atoms with Crippen LogP contribution in [0.3, 0.4) is 0 Å². The number of hydrogen-bond acceptors (Lipinski definition) is 4. The van der Waals surface area contributed by atoms with Crippen LogP contribution < -0.4 is 10.2 Å². The van der Waals surface area contributed by atoms with E-state index in [2.05, 4.69) is 10.3 Å². The molecule has 1 fully saturated rings. The number of nitrogens with one attached hydrogen (secondary N) is 1. The minimum Gasteiger partial charge on any atom is -0.352 e. The van der Waals surface area contributed by atoms with Gasteiger partial charge in [0.05, 0.1) is 11.6 Å². The van der Waals surface area contributed by atoms with Crippen molar-refractivity contribution >= 4 is 28.8 Å². The zero-order valence-corrected chi connectivity index (χ0v) is 17.3. The average molecular weight is 406 g/mol. The van der Waals surface area contributed by atoms with Crippen molar-refractivity contribution < 1.29 is 9.59 Å². The van der Waals surface area contributed by atoms with Crippen molar-refractivity contribution in [1.82, 2.24) is 10.3 Å². The first kappa shape index (κ1) is 19.3. The fraction of sp³-hybridized carbons (Fsp3) is 0.261. The van der Waals surface area contributed by atoms with E-state index in [4.69, 9.17) is 0 Å². The molecule has 1 saturated heterocycles. The van der Waals surface area contributed by atoms with Crippen LogP contribution in [0.1, 0.15) is 23.1 Å². The molecule has 148 valence electrons. The number of nitrogens with zero attached hydrogens (tertiary/aromatic N) is 2. The Morgan fingerprint density at radius 2 is 2.10 bits per heavy atom. The van der Waals surface area contributed by atoms with Crippen LogP contribution in [0.4, 0.5) is 5.69 Å². The molecule has 1 aromatic carbocycles. The molecular weight excluding hydrogens is 382 g/mol. The van der Waals surface area contributed by atoms with Crippen molar-refractivity contribution in [3.05, 3.63) is 70.0 Å². The van der Waals surface area contributed by atoms with Crippen LogP contribution in [0.5, 0.6) is 0 Å². The van der Waals surface area contributed by atoms with Gasteiger partial charge in [-0.1, -0.05) is 12.1 Å². The van der Waals surface area contributed by atoms with Crippen molar-refractivity contribution in [1.29, 1.82) is 0 Å². The van der Waals surface area contributed by atoms with Gasteiger partial charge < -0.3 is 10.2 Å². The zero-order valence-electron chi connectivity index (χ0n) is 16.5. The maximum absolute atomic E-state index is 12.8. The first-order valence-corrected chi connectivity index (χ1v) is 10.6. The van der Waals surface area contributed by atoms with Gasteiger partial charge in [-0.05, 0) is 60.2 Å². The Morgan fingerprint density at radius 3 is 2.86 bits per heavy atom. The number of carbonyl (C=O) groups is 2. The number of aromatic nitrogens is 1. The Morgan fingerprint density at radius 1 is 1.24 bits per heavy atom. The molecule has 5 nitrogen and oxygen atoms in total. The second kappa shape index (κ2) is 8.17. The number of amides is 2. The van der Waals surface area contributed by atoms with E-state index >= 15 is 0 Å². The lowest BCUT2D eigenvalue weighted by Gasteiger charge is -2.18. The molecule has 3 aromatic rings. The van der Waals surface area contributed by atoms with E-state index in [1.54, 1.807) is 22.4 Å². The van der Waals surface area contributed by atoms with E-state index in [-0.39, 0.29) is 24.2 Å². The van der Waals surface area contributed by atoms with Gasteiger partial charge in [0.25, 0.3) is 0 Å². The normalized spacial score (nSPS) is 16.3. The summed E-state index contributed by atoms with van der Waals surface area (Å²) in [6.45, 7) is 4.89. The predicted molar refractivity (Wildman–Crippen MR) is 116 cm³/mol. The van der Waals surface area contributed by atoms with Gasteiger partial charge in [-0.3, -0.25) is 14.6 Å². The fourth-order valence-electron chi connectivity index (χ4n) is 3.59. The predicted octanol–water partition coefficient (Wildman–Crippen LogP) is 4.10. The third-order valence-electron chi connectivity index (χ3n) is 5.44. The number of anilines is 1. The molecule has 0 saturated carbocycles. The summed E-state index contributed by atoms with van der Waals surface area (Å²) in [4.78, 5) is 31.4. The molecule has 1 aliphatic rings. The third kappa shape index (κ3) is 4.07. The molecule has 1 aliphatic heterocycles. The summed E-state index contributed by atoms with van der Waals surface area (Å²) in [5.74, 6) is -0.441.